The van der Waals surface area contributed by atoms with Crippen LogP contribution in [0.1, 0.15) is 28.9 Å². The minimum absolute atomic E-state index is 0. The minimum Gasteiger partial charge on any atom is -0.506 e. The lowest BCUT2D eigenvalue weighted by atomic mass is 9.90. The minimum atomic E-state index is -0.178. The van der Waals surface area contributed by atoms with E-state index in [9.17, 15) is 5.11 Å². The van der Waals surface area contributed by atoms with E-state index in [1.54, 1.807) is 0 Å². The normalized spacial score (nSPS) is 20.5. The molecule has 0 saturated heterocycles. The molecule has 0 aromatic heterocycles. The van der Waals surface area contributed by atoms with Crippen molar-refractivity contribution in [3.05, 3.63) is 63.6 Å². The van der Waals surface area contributed by atoms with Crippen LogP contribution in [0.15, 0.2) is 46.9 Å². The lowest BCUT2D eigenvalue weighted by Crippen LogP contribution is -2.25. The predicted octanol–water partition coefficient (Wildman–Crippen LogP) is 3.89. The zero-order valence-corrected chi connectivity index (χ0v) is 13.7. The largest absolute Gasteiger partial charge is 0.506 e. The van der Waals surface area contributed by atoms with E-state index < -0.39 is 0 Å². The van der Waals surface area contributed by atoms with Gasteiger partial charge in [0.15, 0.2) is 0 Å². The number of fused-ring (bicyclic) bond motifs is 1. The van der Waals surface area contributed by atoms with Gasteiger partial charge in [-0.3, -0.25) is 0 Å². The Balaban J connectivity index is 0.00000161. The molecule has 112 valence electrons. The fourth-order valence-electron chi connectivity index (χ4n) is 2.69. The second-order valence-electron chi connectivity index (χ2n) is 4.93. The number of nitrogens with two attached hydrogens (primary N) is 1. The van der Waals surface area contributed by atoms with Crippen LogP contribution in [0.5, 0.6) is 5.75 Å². The quantitative estimate of drug-likeness (QED) is 0.843. The van der Waals surface area contributed by atoms with Crippen LogP contribution in [-0.2, 0) is 11.2 Å². The predicted molar refractivity (Wildman–Crippen MR) is 88.8 cm³/mol. The van der Waals surface area contributed by atoms with Crippen LogP contribution in [0.3, 0.4) is 0 Å². The van der Waals surface area contributed by atoms with Crippen molar-refractivity contribution in [1.29, 1.82) is 0 Å². The molecule has 0 bridgehead atoms. The van der Waals surface area contributed by atoms with Crippen LogP contribution < -0.4 is 5.73 Å². The third-order valence-electron chi connectivity index (χ3n) is 3.72. The van der Waals surface area contributed by atoms with Gasteiger partial charge in [0.2, 0.25) is 0 Å². The Morgan fingerprint density at radius 3 is 2.57 bits per heavy atom. The monoisotopic (exact) mass is 369 g/mol. The van der Waals surface area contributed by atoms with Gasteiger partial charge in [-0.1, -0.05) is 36.4 Å². The molecule has 0 spiro atoms. The third kappa shape index (κ3) is 3.09. The Hall–Kier alpha value is -1.07. The summed E-state index contributed by atoms with van der Waals surface area (Å²) in [6.45, 7) is 0.400. The van der Waals surface area contributed by atoms with Gasteiger partial charge in [0.05, 0.1) is 16.7 Å². The van der Waals surface area contributed by atoms with Crippen LogP contribution >= 0.6 is 28.3 Å². The van der Waals surface area contributed by atoms with Crippen molar-refractivity contribution in [2.75, 3.05) is 6.54 Å². The number of phenolic OH excluding ortho intramolecular Hbond substituents is 1. The lowest BCUT2D eigenvalue weighted by Gasteiger charge is -2.32. The van der Waals surface area contributed by atoms with Gasteiger partial charge in [0.25, 0.3) is 0 Å². The van der Waals surface area contributed by atoms with Crippen molar-refractivity contribution < 1.29 is 9.84 Å². The van der Waals surface area contributed by atoms with Crippen LogP contribution in [0, 0.1) is 0 Å². The van der Waals surface area contributed by atoms with Gasteiger partial charge >= 0.3 is 0 Å². The molecule has 3 N–H and O–H groups in total. The van der Waals surface area contributed by atoms with Crippen molar-refractivity contribution in [3.63, 3.8) is 0 Å². The summed E-state index contributed by atoms with van der Waals surface area (Å²) in [6.07, 6.45) is 0.404. The molecule has 3 rings (SSSR count). The summed E-state index contributed by atoms with van der Waals surface area (Å²) < 4.78 is 6.80. The molecule has 21 heavy (non-hydrogen) atoms. The molecule has 2 atom stereocenters. The Bertz CT molecular complexity index is 621. The molecule has 2 aromatic carbocycles. The molecule has 3 nitrogen and oxygen atoms in total. The molecule has 0 aliphatic carbocycles. The van der Waals surface area contributed by atoms with Gasteiger partial charge in [-0.05, 0) is 33.1 Å². The molecule has 0 fully saturated rings. The van der Waals surface area contributed by atoms with E-state index in [0.29, 0.717) is 23.2 Å². The molecule has 0 radical (unpaired) electrons. The zero-order chi connectivity index (χ0) is 14.1. The average molecular weight is 371 g/mol. The van der Waals surface area contributed by atoms with E-state index in [0.717, 1.165) is 16.7 Å². The summed E-state index contributed by atoms with van der Waals surface area (Å²) in [4.78, 5) is 0. The summed E-state index contributed by atoms with van der Waals surface area (Å²) in [5.74, 6) is 0.296. The number of phenols is 1. The summed E-state index contributed by atoms with van der Waals surface area (Å²) in [5.41, 5.74) is 8.85. The van der Waals surface area contributed by atoms with E-state index >= 15 is 0 Å². The Labute approximate surface area is 138 Å². The van der Waals surface area contributed by atoms with Crippen LogP contribution in [0.2, 0.25) is 0 Å². The Morgan fingerprint density at radius 1 is 1.19 bits per heavy atom. The van der Waals surface area contributed by atoms with Crippen molar-refractivity contribution >= 4 is 28.3 Å². The highest BCUT2D eigenvalue weighted by atomic mass is 79.9. The van der Waals surface area contributed by atoms with Crippen LogP contribution in [0.25, 0.3) is 0 Å². The second kappa shape index (κ2) is 6.79. The van der Waals surface area contributed by atoms with E-state index in [2.05, 4.69) is 15.9 Å². The fraction of sp³-hybridized carbons (Fsp3) is 0.250. The molecule has 5 heteroatoms. The molecule has 0 unspecified atom stereocenters. The van der Waals surface area contributed by atoms with Gasteiger partial charge in [-0.2, -0.15) is 0 Å². The number of halogens is 2. The number of rotatable bonds is 2. The van der Waals surface area contributed by atoms with Crippen molar-refractivity contribution in [2.45, 2.75) is 18.6 Å². The summed E-state index contributed by atoms with van der Waals surface area (Å²) >= 11 is 3.37. The molecule has 1 aliphatic rings. The standard InChI is InChI=1S/C16H16BrNO2.ClH/c17-13-7-6-11-12(16(13)19)8-14(20-15(11)9-18)10-4-2-1-3-5-10;/h1-7,14-15,19H,8-9,18H2;1H/t14-,15+;/m0./s1. The lowest BCUT2D eigenvalue weighted by molar-refractivity contribution is -0.0230. The van der Waals surface area contributed by atoms with E-state index in [1.807, 2.05) is 42.5 Å². The SMILES string of the molecule is Cl.NC[C@H]1O[C@H](c2ccccc2)Cc2c1ccc(Br)c2O. The number of hydrogen-bond donors (Lipinski definition) is 2. The maximum atomic E-state index is 10.3. The first-order valence-corrected chi connectivity index (χ1v) is 7.40. The van der Waals surface area contributed by atoms with Crippen molar-refractivity contribution in [2.24, 2.45) is 5.73 Å². The molecule has 0 amide bonds. The maximum Gasteiger partial charge on any atom is 0.133 e. The first kappa shape index (κ1) is 16.3. The summed E-state index contributed by atoms with van der Waals surface area (Å²) in [6, 6.07) is 13.9. The number of hydrogen-bond acceptors (Lipinski definition) is 3. The topological polar surface area (TPSA) is 55.5 Å². The van der Waals surface area contributed by atoms with Gasteiger partial charge < -0.3 is 15.6 Å². The number of aromatic hydroxyl groups is 1. The zero-order valence-electron chi connectivity index (χ0n) is 11.3. The molecule has 2 aromatic rings. The Morgan fingerprint density at radius 2 is 1.90 bits per heavy atom. The number of ether oxygens (including phenoxy) is 1. The third-order valence-corrected chi connectivity index (χ3v) is 4.36. The fourth-order valence-corrected chi connectivity index (χ4v) is 3.06. The molecule has 0 saturated carbocycles. The van der Waals surface area contributed by atoms with Crippen LogP contribution in [-0.4, -0.2) is 11.7 Å². The van der Waals surface area contributed by atoms with Gasteiger partial charge in [-0.15, -0.1) is 12.4 Å². The first-order chi connectivity index (χ1) is 9.70. The van der Waals surface area contributed by atoms with Gasteiger partial charge in [0.1, 0.15) is 5.75 Å². The smallest absolute Gasteiger partial charge is 0.133 e. The van der Waals surface area contributed by atoms with E-state index in [1.165, 1.54) is 0 Å². The summed E-state index contributed by atoms with van der Waals surface area (Å²) in [7, 11) is 0. The highest BCUT2D eigenvalue weighted by Gasteiger charge is 2.30. The highest BCUT2D eigenvalue weighted by molar-refractivity contribution is 9.10. The summed E-state index contributed by atoms with van der Waals surface area (Å²) in [5, 5.41) is 10.3. The first-order valence-electron chi connectivity index (χ1n) is 6.61. The van der Waals surface area contributed by atoms with Gasteiger partial charge in [-0.25, -0.2) is 0 Å². The Kier molecular flexibility index (Phi) is 5.27. The maximum absolute atomic E-state index is 10.3. The van der Waals surface area contributed by atoms with Crippen molar-refractivity contribution in [3.8, 4) is 5.75 Å². The number of benzene rings is 2. The molecular weight excluding hydrogens is 354 g/mol. The molecule has 1 aliphatic heterocycles. The van der Waals surface area contributed by atoms with Crippen molar-refractivity contribution in [1.82, 2.24) is 0 Å². The van der Waals surface area contributed by atoms with Gasteiger partial charge in [0, 0.05) is 18.5 Å². The van der Waals surface area contributed by atoms with E-state index in [4.69, 9.17) is 10.5 Å². The van der Waals surface area contributed by atoms with E-state index in [-0.39, 0.29) is 24.6 Å². The molecule has 1 heterocycles. The molecular formula is C16H17BrClNO2. The second-order valence-corrected chi connectivity index (χ2v) is 5.78. The average Bonchev–Trinajstić information content (AvgIpc) is 2.51. The van der Waals surface area contributed by atoms with Crippen LogP contribution in [0.4, 0.5) is 0 Å². The highest BCUT2D eigenvalue weighted by Crippen LogP contribution is 2.43.